The van der Waals surface area contributed by atoms with Crippen LogP contribution < -0.4 is 0 Å². The van der Waals surface area contributed by atoms with Crippen LogP contribution in [0.3, 0.4) is 0 Å². The molecule has 0 aliphatic heterocycles. The van der Waals surface area contributed by atoms with E-state index >= 15 is 0 Å². The van der Waals surface area contributed by atoms with E-state index in [1.807, 2.05) is 32.0 Å². The van der Waals surface area contributed by atoms with Crippen molar-refractivity contribution in [3.05, 3.63) is 63.5 Å². The molecule has 3 rings (SSSR count). The molecule has 0 unspecified atom stereocenters. The summed E-state index contributed by atoms with van der Waals surface area (Å²) in [6.07, 6.45) is 0. The Morgan fingerprint density at radius 3 is 2.67 bits per heavy atom. The van der Waals surface area contributed by atoms with Gasteiger partial charge in [0.05, 0.1) is 21.6 Å². The molecule has 0 N–H and O–H groups in total. The molecule has 0 atom stereocenters. The van der Waals surface area contributed by atoms with Gasteiger partial charge in [-0.25, -0.2) is 4.39 Å². The molecule has 2 aromatic carbocycles. The third-order valence-corrected chi connectivity index (χ3v) is 4.50. The second-order valence-corrected chi connectivity index (χ2v) is 6.12. The van der Waals surface area contributed by atoms with Gasteiger partial charge in [-0.2, -0.15) is 4.68 Å². The first kappa shape index (κ1) is 16.1. The Bertz CT molecular complexity index is 928. The molecule has 0 spiro atoms. The van der Waals surface area contributed by atoms with Crippen molar-refractivity contribution in [2.45, 2.75) is 23.9 Å². The van der Waals surface area contributed by atoms with Gasteiger partial charge in [0.15, 0.2) is 0 Å². The SMILES string of the molecule is Cc1ccc(-n2nnnc2Sc2ccc(F)cc2[N+](=O)[O-])cc1C. The van der Waals surface area contributed by atoms with Crippen LogP contribution in [0, 0.1) is 29.8 Å². The molecule has 0 fully saturated rings. The predicted octanol–water partition coefficient (Wildman–Crippen LogP) is 3.48. The van der Waals surface area contributed by atoms with Crippen molar-refractivity contribution in [3.8, 4) is 5.69 Å². The quantitative estimate of drug-likeness (QED) is 0.531. The smallest absolute Gasteiger partial charge is 0.258 e. The van der Waals surface area contributed by atoms with Crippen LogP contribution in [-0.4, -0.2) is 25.1 Å². The second kappa shape index (κ2) is 6.36. The molecule has 9 heteroatoms. The Kier molecular flexibility index (Phi) is 4.26. The van der Waals surface area contributed by atoms with Gasteiger partial charge in [-0.05, 0) is 71.4 Å². The summed E-state index contributed by atoms with van der Waals surface area (Å²) >= 11 is 1.01. The first-order chi connectivity index (χ1) is 11.5. The van der Waals surface area contributed by atoms with Crippen LogP contribution in [0.2, 0.25) is 0 Å². The van der Waals surface area contributed by atoms with Crippen molar-refractivity contribution in [3.63, 3.8) is 0 Å². The number of aromatic nitrogens is 4. The Labute approximate surface area is 140 Å². The van der Waals surface area contributed by atoms with E-state index in [1.54, 1.807) is 0 Å². The largest absolute Gasteiger partial charge is 0.286 e. The molecule has 3 aromatic rings. The molecule has 0 amide bonds. The molecule has 0 aliphatic carbocycles. The summed E-state index contributed by atoms with van der Waals surface area (Å²) in [7, 11) is 0. The number of hydrogen-bond donors (Lipinski definition) is 0. The second-order valence-electron chi connectivity index (χ2n) is 5.11. The van der Waals surface area contributed by atoms with Gasteiger partial charge in [0.25, 0.3) is 5.69 Å². The third-order valence-electron chi connectivity index (χ3n) is 3.49. The van der Waals surface area contributed by atoms with Crippen LogP contribution in [0.5, 0.6) is 0 Å². The van der Waals surface area contributed by atoms with Gasteiger partial charge in [-0.1, -0.05) is 6.07 Å². The van der Waals surface area contributed by atoms with Crippen molar-refractivity contribution in [2.24, 2.45) is 0 Å². The predicted molar refractivity (Wildman–Crippen MR) is 85.8 cm³/mol. The minimum absolute atomic E-state index is 0.265. The first-order valence-corrected chi connectivity index (χ1v) is 7.75. The van der Waals surface area contributed by atoms with Crippen molar-refractivity contribution in [1.29, 1.82) is 0 Å². The standard InChI is InChI=1S/C15H12FN5O2S/c1-9-3-5-12(7-10(9)2)20-15(17-18-19-20)24-14-6-4-11(16)8-13(14)21(22)23/h3-8H,1-2H3. The van der Waals surface area contributed by atoms with Gasteiger partial charge < -0.3 is 0 Å². The summed E-state index contributed by atoms with van der Waals surface area (Å²) in [5, 5.41) is 22.9. The maximum absolute atomic E-state index is 13.3. The highest BCUT2D eigenvalue weighted by molar-refractivity contribution is 7.99. The van der Waals surface area contributed by atoms with Crippen LogP contribution in [0.15, 0.2) is 46.5 Å². The number of nitro groups is 1. The van der Waals surface area contributed by atoms with E-state index < -0.39 is 10.7 Å². The molecule has 0 aliphatic rings. The number of aryl methyl sites for hydroxylation is 2. The minimum Gasteiger partial charge on any atom is -0.258 e. The molecule has 1 heterocycles. The van der Waals surface area contributed by atoms with E-state index in [0.717, 1.165) is 34.6 Å². The minimum atomic E-state index is -0.667. The van der Waals surface area contributed by atoms with E-state index in [0.29, 0.717) is 5.16 Å². The van der Waals surface area contributed by atoms with E-state index in [-0.39, 0.29) is 10.6 Å². The van der Waals surface area contributed by atoms with E-state index in [1.165, 1.54) is 16.8 Å². The van der Waals surface area contributed by atoms with Crippen LogP contribution in [0.4, 0.5) is 10.1 Å². The summed E-state index contributed by atoms with van der Waals surface area (Å²) in [5.74, 6) is -0.667. The molecular weight excluding hydrogens is 333 g/mol. The number of nitrogens with zero attached hydrogens (tertiary/aromatic N) is 5. The fourth-order valence-corrected chi connectivity index (χ4v) is 2.96. The van der Waals surface area contributed by atoms with Gasteiger partial charge in [0.1, 0.15) is 5.82 Å². The molecule has 1 aromatic heterocycles. The lowest BCUT2D eigenvalue weighted by Gasteiger charge is -2.07. The van der Waals surface area contributed by atoms with Gasteiger partial charge in [-0.3, -0.25) is 10.1 Å². The lowest BCUT2D eigenvalue weighted by Crippen LogP contribution is -2.00. The van der Waals surface area contributed by atoms with E-state index in [9.17, 15) is 14.5 Å². The van der Waals surface area contributed by atoms with Gasteiger partial charge >= 0.3 is 0 Å². The Hall–Kier alpha value is -2.81. The zero-order valence-electron chi connectivity index (χ0n) is 12.8. The Morgan fingerprint density at radius 1 is 1.17 bits per heavy atom. The van der Waals surface area contributed by atoms with Gasteiger partial charge in [-0.15, -0.1) is 5.10 Å². The van der Waals surface area contributed by atoms with E-state index in [4.69, 9.17) is 0 Å². The van der Waals surface area contributed by atoms with Gasteiger partial charge in [0, 0.05) is 0 Å². The first-order valence-electron chi connectivity index (χ1n) is 6.93. The Morgan fingerprint density at radius 2 is 1.96 bits per heavy atom. The summed E-state index contributed by atoms with van der Waals surface area (Å²) < 4.78 is 14.7. The number of hydrogen-bond acceptors (Lipinski definition) is 6. The van der Waals surface area contributed by atoms with Crippen LogP contribution in [-0.2, 0) is 0 Å². The summed E-state index contributed by atoms with van der Waals surface area (Å²) in [6, 6.07) is 9.13. The topological polar surface area (TPSA) is 86.7 Å². The number of nitro benzene ring substituents is 1. The lowest BCUT2D eigenvalue weighted by molar-refractivity contribution is -0.387. The van der Waals surface area contributed by atoms with Crippen LogP contribution in [0.1, 0.15) is 11.1 Å². The fraction of sp³-hybridized carbons (Fsp3) is 0.133. The summed E-state index contributed by atoms with van der Waals surface area (Å²) in [6.45, 7) is 3.97. The Balaban J connectivity index is 2.00. The zero-order valence-corrected chi connectivity index (χ0v) is 13.6. The highest BCUT2D eigenvalue weighted by Gasteiger charge is 2.19. The van der Waals surface area contributed by atoms with Crippen molar-refractivity contribution >= 4 is 17.4 Å². The highest BCUT2D eigenvalue weighted by atomic mass is 32.2. The number of tetrazole rings is 1. The molecule has 7 nitrogen and oxygen atoms in total. The summed E-state index contributed by atoms with van der Waals surface area (Å²) in [4.78, 5) is 10.7. The van der Waals surface area contributed by atoms with Crippen LogP contribution in [0.25, 0.3) is 5.69 Å². The van der Waals surface area contributed by atoms with Crippen molar-refractivity contribution in [1.82, 2.24) is 20.2 Å². The molecule has 0 bridgehead atoms. The fourth-order valence-electron chi connectivity index (χ4n) is 2.08. The molecule has 0 radical (unpaired) electrons. The number of halogens is 1. The lowest BCUT2D eigenvalue weighted by atomic mass is 10.1. The zero-order chi connectivity index (χ0) is 17.3. The average Bonchev–Trinajstić information content (AvgIpc) is 2.99. The molecule has 0 saturated carbocycles. The molecule has 0 saturated heterocycles. The molecule has 24 heavy (non-hydrogen) atoms. The highest BCUT2D eigenvalue weighted by Crippen LogP contribution is 2.34. The maximum atomic E-state index is 13.3. The van der Waals surface area contributed by atoms with Crippen LogP contribution >= 0.6 is 11.8 Å². The van der Waals surface area contributed by atoms with Crippen molar-refractivity contribution < 1.29 is 9.31 Å². The third kappa shape index (κ3) is 3.11. The summed E-state index contributed by atoms with van der Waals surface area (Å²) in [5.41, 5.74) is 2.63. The van der Waals surface area contributed by atoms with Gasteiger partial charge in [0.2, 0.25) is 5.16 Å². The molecular formula is C15H12FN5O2S. The monoisotopic (exact) mass is 345 g/mol. The normalized spacial score (nSPS) is 10.8. The van der Waals surface area contributed by atoms with Crippen molar-refractivity contribution in [2.75, 3.05) is 0 Å². The number of rotatable bonds is 4. The number of benzene rings is 2. The molecule has 122 valence electrons. The van der Waals surface area contributed by atoms with E-state index in [2.05, 4.69) is 15.5 Å². The average molecular weight is 345 g/mol. The maximum Gasteiger partial charge on any atom is 0.286 e.